The van der Waals surface area contributed by atoms with Crippen LogP contribution in [0.15, 0.2) is 23.1 Å². The molecule has 1 heterocycles. The lowest BCUT2D eigenvalue weighted by Gasteiger charge is -2.35. The van der Waals surface area contributed by atoms with Crippen molar-refractivity contribution in [2.75, 3.05) is 6.54 Å². The number of nitrogens with two attached hydrogens (primary N) is 1. The molecule has 0 amide bonds. The van der Waals surface area contributed by atoms with Gasteiger partial charge < -0.3 is 5.73 Å². The number of piperidine rings is 1. The van der Waals surface area contributed by atoms with Crippen molar-refractivity contribution < 1.29 is 8.42 Å². The summed E-state index contributed by atoms with van der Waals surface area (Å²) in [4.78, 5) is -0.0133. The summed E-state index contributed by atoms with van der Waals surface area (Å²) in [6.07, 6.45) is 1.28. The van der Waals surface area contributed by atoms with Gasteiger partial charge in [0.05, 0.1) is 10.0 Å². The van der Waals surface area contributed by atoms with E-state index in [2.05, 4.69) is 0 Å². The van der Waals surface area contributed by atoms with E-state index in [9.17, 15) is 8.42 Å². The van der Waals surface area contributed by atoms with Gasteiger partial charge in [-0.3, -0.25) is 0 Å². The maximum atomic E-state index is 12.7. The monoisotopic (exact) mass is 322 g/mol. The molecule has 0 spiro atoms. The quantitative estimate of drug-likeness (QED) is 0.909. The summed E-state index contributed by atoms with van der Waals surface area (Å²) in [6.45, 7) is 2.24. The summed E-state index contributed by atoms with van der Waals surface area (Å²) in [5.74, 6) is 0. The van der Waals surface area contributed by atoms with Crippen LogP contribution in [0.2, 0.25) is 10.0 Å². The number of sulfonamides is 1. The van der Waals surface area contributed by atoms with Crippen LogP contribution >= 0.6 is 23.2 Å². The number of hydrogen-bond donors (Lipinski definition) is 1. The van der Waals surface area contributed by atoms with E-state index in [1.807, 2.05) is 6.92 Å². The van der Waals surface area contributed by atoms with Crippen molar-refractivity contribution in [2.24, 2.45) is 5.73 Å². The number of nitrogens with zero attached hydrogens (tertiary/aromatic N) is 1. The molecular formula is C12H16Cl2N2O2S. The molecule has 1 aliphatic rings. The van der Waals surface area contributed by atoms with Crippen LogP contribution < -0.4 is 5.73 Å². The largest absolute Gasteiger partial charge is 0.328 e. The van der Waals surface area contributed by atoms with Crippen LogP contribution in [-0.2, 0) is 10.0 Å². The molecule has 106 valence electrons. The molecule has 0 aliphatic carbocycles. The molecule has 19 heavy (non-hydrogen) atoms. The summed E-state index contributed by atoms with van der Waals surface area (Å²) >= 11 is 12.0. The third-order valence-electron chi connectivity index (χ3n) is 3.34. The zero-order chi connectivity index (χ0) is 14.2. The van der Waals surface area contributed by atoms with Crippen molar-refractivity contribution in [1.29, 1.82) is 0 Å². The number of rotatable bonds is 2. The molecule has 1 saturated heterocycles. The Balaban J connectivity index is 2.43. The number of halogens is 2. The average Bonchev–Trinajstić information content (AvgIpc) is 2.27. The van der Waals surface area contributed by atoms with E-state index < -0.39 is 10.0 Å². The number of benzene rings is 1. The molecule has 2 atom stereocenters. The van der Waals surface area contributed by atoms with Gasteiger partial charge in [-0.25, -0.2) is 8.42 Å². The highest BCUT2D eigenvalue weighted by atomic mass is 35.5. The molecule has 1 fully saturated rings. The first-order valence-electron chi connectivity index (χ1n) is 6.05. The van der Waals surface area contributed by atoms with Gasteiger partial charge in [-0.2, -0.15) is 4.31 Å². The number of hydrogen-bond acceptors (Lipinski definition) is 3. The minimum absolute atomic E-state index is 0.0133. The second kappa shape index (κ2) is 5.58. The lowest BCUT2D eigenvalue weighted by Crippen LogP contribution is -2.48. The predicted octanol–water partition coefficient (Wildman–Crippen LogP) is 2.49. The van der Waals surface area contributed by atoms with Crippen molar-refractivity contribution in [1.82, 2.24) is 4.31 Å². The SMILES string of the molecule is C[C@H]1C[C@@H](N)CCN1S(=O)(=O)c1c(Cl)cccc1Cl. The van der Waals surface area contributed by atoms with Crippen LogP contribution in [0.25, 0.3) is 0 Å². The minimum Gasteiger partial charge on any atom is -0.328 e. The molecule has 7 heteroatoms. The molecule has 0 saturated carbocycles. The highest BCUT2D eigenvalue weighted by Crippen LogP contribution is 2.34. The van der Waals surface area contributed by atoms with Gasteiger partial charge in [0.15, 0.2) is 0 Å². The van der Waals surface area contributed by atoms with Crippen LogP contribution in [0.3, 0.4) is 0 Å². The van der Waals surface area contributed by atoms with Crippen LogP contribution in [0, 0.1) is 0 Å². The molecule has 0 unspecified atom stereocenters. The summed E-state index contributed by atoms with van der Waals surface area (Å²) in [5, 5.41) is 0.296. The first-order chi connectivity index (χ1) is 8.84. The molecule has 4 nitrogen and oxygen atoms in total. The Morgan fingerprint density at radius 2 is 1.89 bits per heavy atom. The molecule has 1 aliphatic heterocycles. The molecule has 1 aromatic rings. The zero-order valence-corrected chi connectivity index (χ0v) is 12.8. The van der Waals surface area contributed by atoms with E-state index in [1.165, 1.54) is 16.4 Å². The Morgan fingerprint density at radius 3 is 2.42 bits per heavy atom. The fraction of sp³-hybridized carbons (Fsp3) is 0.500. The molecule has 0 bridgehead atoms. The van der Waals surface area contributed by atoms with E-state index in [0.717, 1.165) is 0 Å². The lowest BCUT2D eigenvalue weighted by molar-refractivity contribution is 0.247. The smallest absolute Gasteiger partial charge is 0.246 e. The normalized spacial score (nSPS) is 25.5. The molecular weight excluding hydrogens is 307 g/mol. The fourth-order valence-corrected chi connectivity index (χ4v) is 5.14. The third-order valence-corrected chi connectivity index (χ3v) is 6.31. The molecule has 2 rings (SSSR count). The maximum absolute atomic E-state index is 12.7. The van der Waals surface area contributed by atoms with E-state index in [-0.39, 0.29) is 27.0 Å². The first kappa shape index (κ1) is 15.1. The van der Waals surface area contributed by atoms with Crippen LogP contribution in [0.4, 0.5) is 0 Å². The standard InChI is InChI=1S/C12H16Cl2N2O2S/c1-8-7-9(15)5-6-16(8)19(17,18)12-10(13)3-2-4-11(12)14/h2-4,8-9H,5-7,15H2,1H3/t8-,9-/m0/s1. The molecule has 2 N–H and O–H groups in total. The Morgan fingerprint density at radius 1 is 1.32 bits per heavy atom. The Hall–Kier alpha value is -0.330. The van der Waals surface area contributed by atoms with E-state index in [0.29, 0.717) is 19.4 Å². The highest BCUT2D eigenvalue weighted by molar-refractivity contribution is 7.89. The molecule has 1 aromatic carbocycles. The van der Waals surface area contributed by atoms with Crippen LogP contribution in [0.5, 0.6) is 0 Å². The Bertz CT molecular complexity index is 557. The van der Waals surface area contributed by atoms with Crippen molar-refractivity contribution in [3.63, 3.8) is 0 Å². The Kier molecular flexibility index (Phi) is 4.42. The summed E-state index contributed by atoms with van der Waals surface area (Å²) in [7, 11) is -3.68. The minimum atomic E-state index is -3.68. The second-order valence-corrected chi connectivity index (χ2v) is 7.44. The summed E-state index contributed by atoms with van der Waals surface area (Å²) in [6, 6.07) is 4.57. The van der Waals surface area contributed by atoms with Crippen molar-refractivity contribution in [3.8, 4) is 0 Å². The summed E-state index contributed by atoms with van der Waals surface area (Å²) in [5.41, 5.74) is 5.86. The van der Waals surface area contributed by atoms with E-state index >= 15 is 0 Å². The lowest BCUT2D eigenvalue weighted by atomic mass is 10.0. The second-order valence-electron chi connectivity index (χ2n) is 4.80. The van der Waals surface area contributed by atoms with Crippen molar-refractivity contribution in [3.05, 3.63) is 28.2 Å². The van der Waals surface area contributed by atoms with Gasteiger partial charge in [0.25, 0.3) is 0 Å². The topological polar surface area (TPSA) is 63.4 Å². The van der Waals surface area contributed by atoms with Crippen molar-refractivity contribution in [2.45, 2.75) is 36.7 Å². The maximum Gasteiger partial charge on any atom is 0.246 e. The summed E-state index contributed by atoms with van der Waals surface area (Å²) < 4.78 is 26.8. The van der Waals surface area contributed by atoms with Gasteiger partial charge >= 0.3 is 0 Å². The van der Waals surface area contributed by atoms with Gasteiger partial charge in [-0.15, -0.1) is 0 Å². The van der Waals surface area contributed by atoms with Crippen LogP contribution in [0.1, 0.15) is 19.8 Å². The van der Waals surface area contributed by atoms with Gasteiger partial charge in [0.1, 0.15) is 4.90 Å². The molecule has 0 aromatic heterocycles. The third kappa shape index (κ3) is 2.90. The fourth-order valence-electron chi connectivity index (χ4n) is 2.39. The van der Waals surface area contributed by atoms with Gasteiger partial charge in [-0.05, 0) is 31.9 Å². The highest BCUT2D eigenvalue weighted by Gasteiger charge is 2.35. The first-order valence-corrected chi connectivity index (χ1v) is 8.25. The predicted molar refractivity (Wildman–Crippen MR) is 77.0 cm³/mol. The van der Waals surface area contributed by atoms with Gasteiger partial charge in [0, 0.05) is 18.6 Å². The Labute approximate surface area is 123 Å². The average molecular weight is 323 g/mol. The van der Waals surface area contributed by atoms with Gasteiger partial charge in [0.2, 0.25) is 10.0 Å². The van der Waals surface area contributed by atoms with Crippen molar-refractivity contribution >= 4 is 33.2 Å². The van der Waals surface area contributed by atoms with Crippen LogP contribution in [-0.4, -0.2) is 31.4 Å². The molecule has 0 radical (unpaired) electrons. The van der Waals surface area contributed by atoms with E-state index in [1.54, 1.807) is 6.07 Å². The van der Waals surface area contributed by atoms with E-state index in [4.69, 9.17) is 28.9 Å². The zero-order valence-electron chi connectivity index (χ0n) is 10.5. The van der Waals surface area contributed by atoms with Gasteiger partial charge in [-0.1, -0.05) is 29.3 Å².